The molecule has 2 atom stereocenters. The third-order valence-electron chi connectivity index (χ3n) is 3.76. The van der Waals surface area contributed by atoms with Crippen LogP contribution in [-0.2, 0) is 5.54 Å². The van der Waals surface area contributed by atoms with Crippen LogP contribution in [0.5, 0.6) is 0 Å². The second kappa shape index (κ2) is 7.16. The molecule has 18 heavy (non-hydrogen) atoms. The Balaban J connectivity index is 2.69. The molecule has 1 rings (SSSR count). The summed E-state index contributed by atoms with van der Waals surface area (Å²) < 4.78 is 0. The molecule has 1 aromatic rings. The van der Waals surface area contributed by atoms with Gasteiger partial charge in [0.2, 0.25) is 0 Å². The van der Waals surface area contributed by atoms with Crippen molar-refractivity contribution in [2.75, 3.05) is 0 Å². The molecule has 0 aromatic heterocycles. The van der Waals surface area contributed by atoms with Crippen LogP contribution in [0.25, 0.3) is 0 Å². The van der Waals surface area contributed by atoms with Crippen molar-refractivity contribution in [2.45, 2.75) is 58.4 Å². The normalized spacial score (nSPS) is 16.3. The van der Waals surface area contributed by atoms with Gasteiger partial charge in [-0.05, 0) is 37.0 Å². The number of nitrogens with two attached hydrogens (primary N) is 1. The van der Waals surface area contributed by atoms with Crippen molar-refractivity contribution in [3.05, 3.63) is 34.9 Å². The van der Waals surface area contributed by atoms with Crippen LogP contribution in [0.1, 0.15) is 58.4 Å². The molecule has 102 valence electrons. The van der Waals surface area contributed by atoms with Gasteiger partial charge in [-0.2, -0.15) is 0 Å². The fourth-order valence-electron chi connectivity index (χ4n) is 2.49. The molecule has 1 aromatic carbocycles. The number of hydrogen-bond acceptors (Lipinski definition) is 1. The Morgan fingerprint density at radius 1 is 1.22 bits per heavy atom. The molecule has 0 bridgehead atoms. The highest BCUT2D eigenvalue weighted by atomic mass is 35.5. The minimum atomic E-state index is -0.251. The molecule has 2 heteroatoms. The molecule has 0 fully saturated rings. The number of hydrogen-bond donors (Lipinski definition) is 1. The van der Waals surface area contributed by atoms with Gasteiger partial charge in [-0.1, -0.05) is 63.3 Å². The van der Waals surface area contributed by atoms with Gasteiger partial charge in [0.1, 0.15) is 0 Å². The standard InChI is InChI=1S/C16H26ClN/c1-4-6-7-13(5-2)12-16(3,18)14-8-10-15(17)11-9-14/h8-11,13H,4-7,12,18H2,1-3H3. The van der Waals surface area contributed by atoms with E-state index in [0.717, 1.165) is 17.4 Å². The van der Waals surface area contributed by atoms with Crippen LogP contribution < -0.4 is 5.73 Å². The van der Waals surface area contributed by atoms with Crippen LogP contribution in [-0.4, -0.2) is 0 Å². The Labute approximate surface area is 117 Å². The zero-order valence-corrected chi connectivity index (χ0v) is 12.6. The predicted molar refractivity (Wildman–Crippen MR) is 80.9 cm³/mol. The van der Waals surface area contributed by atoms with Crippen molar-refractivity contribution in [2.24, 2.45) is 11.7 Å². The maximum absolute atomic E-state index is 6.49. The van der Waals surface area contributed by atoms with Gasteiger partial charge in [0, 0.05) is 10.6 Å². The second-order valence-corrected chi connectivity index (χ2v) is 5.98. The van der Waals surface area contributed by atoms with E-state index in [1.807, 2.05) is 12.1 Å². The van der Waals surface area contributed by atoms with Crippen molar-refractivity contribution < 1.29 is 0 Å². The molecule has 2 N–H and O–H groups in total. The van der Waals surface area contributed by atoms with Gasteiger partial charge in [-0.15, -0.1) is 0 Å². The molecule has 0 heterocycles. The van der Waals surface area contributed by atoms with Crippen molar-refractivity contribution in [3.63, 3.8) is 0 Å². The molecular weight excluding hydrogens is 242 g/mol. The first-order chi connectivity index (χ1) is 8.49. The van der Waals surface area contributed by atoms with Gasteiger partial charge >= 0.3 is 0 Å². The summed E-state index contributed by atoms with van der Waals surface area (Å²) in [5, 5.41) is 0.771. The molecule has 0 spiro atoms. The van der Waals surface area contributed by atoms with Gasteiger partial charge in [0.05, 0.1) is 0 Å². The summed E-state index contributed by atoms with van der Waals surface area (Å²) >= 11 is 5.92. The first-order valence-corrected chi connectivity index (χ1v) is 7.42. The third-order valence-corrected chi connectivity index (χ3v) is 4.01. The monoisotopic (exact) mass is 267 g/mol. The van der Waals surface area contributed by atoms with E-state index < -0.39 is 0 Å². The number of rotatable bonds is 7. The lowest BCUT2D eigenvalue weighted by atomic mass is 9.81. The van der Waals surface area contributed by atoms with Crippen LogP contribution in [0.4, 0.5) is 0 Å². The van der Waals surface area contributed by atoms with E-state index in [1.165, 1.54) is 31.2 Å². The maximum atomic E-state index is 6.49. The van der Waals surface area contributed by atoms with E-state index in [1.54, 1.807) is 0 Å². The zero-order valence-electron chi connectivity index (χ0n) is 11.9. The van der Waals surface area contributed by atoms with Crippen LogP contribution in [0.3, 0.4) is 0 Å². The summed E-state index contributed by atoms with van der Waals surface area (Å²) in [6.07, 6.45) is 6.10. The minimum Gasteiger partial charge on any atom is -0.322 e. The topological polar surface area (TPSA) is 26.0 Å². The summed E-state index contributed by atoms with van der Waals surface area (Å²) in [5.41, 5.74) is 7.42. The Morgan fingerprint density at radius 3 is 2.33 bits per heavy atom. The molecule has 0 saturated carbocycles. The van der Waals surface area contributed by atoms with Crippen LogP contribution in [0.2, 0.25) is 5.02 Å². The summed E-state index contributed by atoms with van der Waals surface area (Å²) in [6, 6.07) is 7.95. The first-order valence-electron chi connectivity index (χ1n) is 7.04. The largest absolute Gasteiger partial charge is 0.322 e. The lowest BCUT2D eigenvalue weighted by molar-refractivity contribution is 0.315. The second-order valence-electron chi connectivity index (χ2n) is 5.54. The van der Waals surface area contributed by atoms with Gasteiger partial charge in [0.25, 0.3) is 0 Å². The summed E-state index contributed by atoms with van der Waals surface area (Å²) in [7, 11) is 0. The molecule has 2 unspecified atom stereocenters. The van der Waals surface area contributed by atoms with Gasteiger partial charge < -0.3 is 5.73 Å². The summed E-state index contributed by atoms with van der Waals surface area (Å²) in [6.45, 7) is 6.64. The smallest absolute Gasteiger partial charge is 0.0406 e. The number of benzene rings is 1. The average molecular weight is 268 g/mol. The highest BCUT2D eigenvalue weighted by Crippen LogP contribution is 2.30. The average Bonchev–Trinajstić information content (AvgIpc) is 2.35. The summed E-state index contributed by atoms with van der Waals surface area (Å²) in [5.74, 6) is 0.718. The van der Waals surface area contributed by atoms with E-state index in [4.69, 9.17) is 17.3 Å². The minimum absolute atomic E-state index is 0.251. The van der Waals surface area contributed by atoms with Gasteiger partial charge in [-0.3, -0.25) is 0 Å². The first kappa shape index (κ1) is 15.5. The molecule has 0 aliphatic carbocycles. The van der Waals surface area contributed by atoms with E-state index in [0.29, 0.717) is 0 Å². The van der Waals surface area contributed by atoms with E-state index >= 15 is 0 Å². The Morgan fingerprint density at radius 2 is 1.83 bits per heavy atom. The van der Waals surface area contributed by atoms with Crippen LogP contribution in [0.15, 0.2) is 24.3 Å². The van der Waals surface area contributed by atoms with Crippen LogP contribution >= 0.6 is 11.6 Å². The van der Waals surface area contributed by atoms with Crippen molar-refractivity contribution in [1.82, 2.24) is 0 Å². The molecule has 0 saturated heterocycles. The zero-order chi connectivity index (χ0) is 13.6. The molecule has 0 radical (unpaired) electrons. The molecule has 0 aliphatic rings. The lowest BCUT2D eigenvalue weighted by Crippen LogP contribution is -2.35. The Hall–Kier alpha value is -0.530. The fourth-order valence-corrected chi connectivity index (χ4v) is 2.62. The predicted octanol–water partition coefficient (Wildman–Crippen LogP) is 5.12. The van der Waals surface area contributed by atoms with Crippen molar-refractivity contribution in [1.29, 1.82) is 0 Å². The molecule has 0 aliphatic heterocycles. The number of halogens is 1. The fraction of sp³-hybridized carbons (Fsp3) is 0.625. The highest BCUT2D eigenvalue weighted by molar-refractivity contribution is 6.30. The van der Waals surface area contributed by atoms with Crippen LogP contribution in [0, 0.1) is 5.92 Å². The third kappa shape index (κ3) is 4.62. The Kier molecular flexibility index (Phi) is 6.17. The van der Waals surface area contributed by atoms with E-state index in [2.05, 4.69) is 32.9 Å². The molecule has 0 amide bonds. The highest BCUT2D eigenvalue weighted by Gasteiger charge is 2.24. The number of unbranched alkanes of at least 4 members (excludes halogenated alkanes) is 1. The molecule has 1 nitrogen and oxygen atoms in total. The van der Waals surface area contributed by atoms with Gasteiger partial charge in [0.15, 0.2) is 0 Å². The quantitative estimate of drug-likeness (QED) is 0.729. The summed E-state index contributed by atoms with van der Waals surface area (Å²) in [4.78, 5) is 0. The molecular formula is C16H26ClN. The Bertz CT molecular complexity index is 343. The van der Waals surface area contributed by atoms with Crippen molar-refractivity contribution in [3.8, 4) is 0 Å². The SMILES string of the molecule is CCCCC(CC)CC(C)(N)c1ccc(Cl)cc1. The van der Waals surface area contributed by atoms with E-state index in [9.17, 15) is 0 Å². The maximum Gasteiger partial charge on any atom is 0.0406 e. The lowest BCUT2D eigenvalue weighted by Gasteiger charge is -2.30. The van der Waals surface area contributed by atoms with Crippen molar-refractivity contribution >= 4 is 11.6 Å². The van der Waals surface area contributed by atoms with Gasteiger partial charge in [-0.25, -0.2) is 0 Å². The van der Waals surface area contributed by atoms with E-state index in [-0.39, 0.29) is 5.54 Å².